The highest BCUT2D eigenvalue weighted by atomic mass is 32.2. The van der Waals surface area contributed by atoms with E-state index in [0.29, 0.717) is 0 Å². The quantitative estimate of drug-likeness (QED) is 0.890. The monoisotopic (exact) mass is 274 g/mol. The van der Waals surface area contributed by atoms with Crippen LogP contribution < -0.4 is 4.72 Å². The minimum absolute atomic E-state index is 0.119. The van der Waals surface area contributed by atoms with E-state index in [1.54, 1.807) is 30.6 Å². The van der Waals surface area contributed by atoms with Crippen molar-refractivity contribution in [3.05, 3.63) is 54.1 Å². The number of aromatic nitrogens is 2. The Morgan fingerprint density at radius 3 is 2.63 bits per heavy atom. The molecule has 0 bridgehead atoms. The summed E-state index contributed by atoms with van der Waals surface area (Å²) >= 11 is 0. The van der Waals surface area contributed by atoms with E-state index < -0.39 is 10.0 Å². The molecule has 96 valence electrons. The summed E-state index contributed by atoms with van der Waals surface area (Å²) in [6.07, 6.45) is 4.53. The van der Waals surface area contributed by atoms with Crippen molar-refractivity contribution in [3.8, 4) is 6.07 Å². The standard InChI is InChI=1S/C12H10N4O2S/c13-8-11-12(2-1-5-15-11)19(17,18)16-9-10-3-6-14-7-4-10/h1-7,16H,9H2. The third-order valence-corrected chi connectivity index (χ3v) is 3.81. The zero-order valence-corrected chi connectivity index (χ0v) is 10.6. The van der Waals surface area contributed by atoms with Gasteiger partial charge in [-0.3, -0.25) is 4.98 Å². The lowest BCUT2D eigenvalue weighted by Gasteiger charge is -2.07. The molecule has 2 aromatic rings. The highest BCUT2D eigenvalue weighted by molar-refractivity contribution is 7.89. The molecule has 2 rings (SSSR count). The largest absolute Gasteiger partial charge is 0.265 e. The Morgan fingerprint density at radius 1 is 1.21 bits per heavy atom. The molecule has 0 radical (unpaired) electrons. The van der Waals surface area contributed by atoms with Crippen LogP contribution in [0.25, 0.3) is 0 Å². The van der Waals surface area contributed by atoms with Gasteiger partial charge >= 0.3 is 0 Å². The summed E-state index contributed by atoms with van der Waals surface area (Å²) in [5, 5.41) is 8.85. The lowest BCUT2D eigenvalue weighted by molar-refractivity contribution is 0.580. The molecule has 0 atom stereocenters. The number of hydrogen-bond acceptors (Lipinski definition) is 5. The van der Waals surface area contributed by atoms with Crippen LogP contribution in [0.2, 0.25) is 0 Å². The SMILES string of the molecule is N#Cc1ncccc1S(=O)(=O)NCc1ccncc1. The second-order valence-corrected chi connectivity index (χ2v) is 5.38. The first-order valence-corrected chi connectivity index (χ1v) is 6.85. The summed E-state index contributed by atoms with van der Waals surface area (Å²) in [5.41, 5.74) is 0.658. The van der Waals surface area contributed by atoms with E-state index in [2.05, 4.69) is 14.7 Å². The highest BCUT2D eigenvalue weighted by Gasteiger charge is 2.18. The molecule has 0 unspecified atom stereocenters. The number of rotatable bonds is 4. The molecular formula is C12H10N4O2S. The lowest BCUT2D eigenvalue weighted by atomic mass is 10.3. The van der Waals surface area contributed by atoms with Crippen molar-refractivity contribution in [2.24, 2.45) is 0 Å². The van der Waals surface area contributed by atoms with Gasteiger partial charge in [0.05, 0.1) is 0 Å². The molecule has 2 heterocycles. The van der Waals surface area contributed by atoms with Crippen molar-refractivity contribution in [2.45, 2.75) is 11.4 Å². The van der Waals surface area contributed by atoms with Crippen LogP contribution in [0.4, 0.5) is 0 Å². The Kier molecular flexibility index (Phi) is 3.85. The fraction of sp³-hybridized carbons (Fsp3) is 0.0833. The first kappa shape index (κ1) is 13.1. The van der Waals surface area contributed by atoms with Crippen LogP contribution in [0.15, 0.2) is 47.8 Å². The Labute approximate surface area is 110 Å². The molecular weight excluding hydrogens is 264 g/mol. The maximum Gasteiger partial charge on any atom is 0.243 e. The Morgan fingerprint density at radius 2 is 1.95 bits per heavy atom. The number of nitrogens with one attached hydrogen (secondary N) is 1. The molecule has 7 heteroatoms. The molecule has 0 saturated heterocycles. The average Bonchev–Trinajstić information content (AvgIpc) is 2.46. The Balaban J connectivity index is 2.22. The van der Waals surface area contributed by atoms with Gasteiger partial charge in [-0.05, 0) is 29.8 Å². The minimum atomic E-state index is -3.76. The molecule has 0 amide bonds. The molecule has 0 fully saturated rings. The van der Waals surface area contributed by atoms with Gasteiger partial charge in [0, 0.05) is 25.1 Å². The zero-order chi connectivity index (χ0) is 13.7. The van der Waals surface area contributed by atoms with Gasteiger partial charge in [0.25, 0.3) is 0 Å². The molecule has 19 heavy (non-hydrogen) atoms. The predicted octanol–water partition coefficient (Wildman–Crippen LogP) is 0.827. The van der Waals surface area contributed by atoms with Crippen LogP contribution in [0.1, 0.15) is 11.3 Å². The van der Waals surface area contributed by atoms with E-state index in [4.69, 9.17) is 5.26 Å². The molecule has 1 N–H and O–H groups in total. The smallest absolute Gasteiger partial charge is 0.243 e. The van der Waals surface area contributed by atoms with E-state index in [0.717, 1.165) is 5.56 Å². The second kappa shape index (κ2) is 5.56. The summed E-state index contributed by atoms with van der Waals surface area (Å²) in [4.78, 5) is 7.45. The van der Waals surface area contributed by atoms with Crippen molar-refractivity contribution in [1.82, 2.24) is 14.7 Å². The van der Waals surface area contributed by atoms with Crippen molar-refractivity contribution >= 4 is 10.0 Å². The van der Waals surface area contributed by atoms with E-state index in [9.17, 15) is 8.42 Å². The van der Waals surface area contributed by atoms with Crippen molar-refractivity contribution in [1.29, 1.82) is 5.26 Å². The molecule has 0 saturated carbocycles. The fourth-order valence-electron chi connectivity index (χ4n) is 1.45. The van der Waals surface area contributed by atoms with Crippen LogP contribution in [0.5, 0.6) is 0 Å². The van der Waals surface area contributed by atoms with Gasteiger partial charge in [-0.2, -0.15) is 5.26 Å². The maximum absolute atomic E-state index is 12.1. The van der Waals surface area contributed by atoms with Gasteiger partial charge in [0.2, 0.25) is 10.0 Å². The van der Waals surface area contributed by atoms with E-state index in [1.165, 1.54) is 18.3 Å². The zero-order valence-electron chi connectivity index (χ0n) is 9.81. The van der Waals surface area contributed by atoms with Crippen LogP contribution in [-0.2, 0) is 16.6 Å². The summed E-state index contributed by atoms with van der Waals surface area (Å²) in [6, 6.07) is 7.99. The first-order chi connectivity index (χ1) is 9.13. The molecule has 0 spiro atoms. The van der Waals surface area contributed by atoms with Gasteiger partial charge < -0.3 is 0 Å². The summed E-state index contributed by atoms with van der Waals surface area (Å²) in [6.45, 7) is 0.130. The fourth-order valence-corrected chi connectivity index (χ4v) is 2.57. The number of sulfonamides is 1. The number of hydrogen-bond donors (Lipinski definition) is 1. The minimum Gasteiger partial charge on any atom is -0.265 e. The number of nitrogens with zero attached hydrogens (tertiary/aromatic N) is 3. The lowest BCUT2D eigenvalue weighted by Crippen LogP contribution is -2.24. The van der Waals surface area contributed by atoms with Crippen LogP contribution in [-0.4, -0.2) is 18.4 Å². The molecule has 0 aromatic carbocycles. The molecule has 0 aliphatic heterocycles. The highest BCUT2D eigenvalue weighted by Crippen LogP contribution is 2.12. The Bertz CT molecular complexity index is 708. The van der Waals surface area contributed by atoms with E-state index in [-0.39, 0.29) is 17.1 Å². The number of nitriles is 1. The van der Waals surface area contributed by atoms with Gasteiger partial charge in [-0.15, -0.1) is 0 Å². The van der Waals surface area contributed by atoms with Gasteiger partial charge in [-0.25, -0.2) is 18.1 Å². The Hall–Kier alpha value is -2.30. The summed E-state index contributed by atoms with van der Waals surface area (Å²) < 4.78 is 26.6. The van der Waals surface area contributed by atoms with E-state index in [1.807, 2.05) is 0 Å². The van der Waals surface area contributed by atoms with Crippen LogP contribution >= 0.6 is 0 Å². The third-order valence-electron chi connectivity index (χ3n) is 2.38. The van der Waals surface area contributed by atoms with Gasteiger partial charge in [0.1, 0.15) is 11.0 Å². The second-order valence-electron chi connectivity index (χ2n) is 3.64. The van der Waals surface area contributed by atoms with Crippen LogP contribution in [0.3, 0.4) is 0 Å². The van der Waals surface area contributed by atoms with Crippen molar-refractivity contribution < 1.29 is 8.42 Å². The molecule has 0 aliphatic carbocycles. The summed E-state index contributed by atoms with van der Waals surface area (Å²) in [7, 11) is -3.76. The predicted molar refractivity (Wildman–Crippen MR) is 67.2 cm³/mol. The normalized spacial score (nSPS) is 10.9. The van der Waals surface area contributed by atoms with E-state index >= 15 is 0 Å². The molecule has 6 nitrogen and oxygen atoms in total. The van der Waals surface area contributed by atoms with Crippen molar-refractivity contribution in [2.75, 3.05) is 0 Å². The van der Waals surface area contributed by atoms with Crippen LogP contribution in [0, 0.1) is 11.3 Å². The third kappa shape index (κ3) is 3.13. The topological polar surface area (TPSA) is 95.7 Å². The first-order valence-electron chi connectivity index (χ1n) is 5.37. The molecule has 0 aliphatic rings. The summed E-state index contributed by atoms with van der Waals surface area (Å²) in [5.74, 6) is 0. The van der Waals surface area contributed by atoms with Gasteiger partial charge in [0.15, 0.2) is 5.69 Å². The molecule has 2 aromatic heterocycles. The maximum atomic E-state index is 12.1. The van der Waals surface area contributed by atoms with Gasteiger partial charge in [-0.1, -0.05) is 0 Å². The number of pyridine rings is 2. The average molecular weight is 274 g/mol. The van der Waals surface area contributed by atoms with Crippen molar-refractivity contribution in [3.63, 3.8) is 0 Å².